The number of hydrogen-bond donors (Lipinski definition) is 0. The standard InChI is InChI=1S/C11H17N3O3/c1-2-3-4-11(7-14-9-12-8-13-14)16-6-10(5-15)17-11/h5,8-10H,2-4,6-7H2,1H3. The van der Waals surface area contributed by atoms with Crippen LogP contribution in [0.5, 0.6) is 0 Å². The lowest BCUT2D eigenvalue weighted by atomic mass is 10.1. The van der Waals surface area contributed by atoms with Gasteiger partial charge < -0.3 is 14.3 Å². The van der Waals surface area contributed by atoms with Crippen LogP contribution in [0.2, 0.25) is 0 Å². The molecule has 0 saturated carbocycles. The van der Waals surface area contributed by atoms with E-state index in [-0.39, 0.29) is 0 Å². The number of aldehydes is 1. The first kappa shape index (κ1) is 12.2. The predicted molar refractivity (Wildman–Crippen MR) is 59.2 cm³/mol. The van der Waals surface area contributed by atoms with Gasteiger partial charge in [0.1, 0.15) is 18.8 Å². The van der Waals surface area contributed by atoms with Crippen molar-refractivity contribution in [3.8, 4) is 0 Å². The molecule has 1 aliphatic heterocycles. The molecule has 0 spiro atoms. The third kappa shape index (κ3) is 2.89. The summed E-state index contributed by atoms with van der Waals surface area (Å²) in [6.07, 6.45) is 6.21. The van der Waals surface area contributed by atoms with E-state index in [2.05, 4.69) is 17.0 Å². The minimum atomic E-state index is -0.727. The molecule has 2 rings (SSSR count). The van der Waals surface area contributed by atoms with Gasteiger partial charge in [-0.15, -0.1) is 0 Å². The zero-order valence-electron chi connectivity index (χ0n) is 9.91. The van der Waals surface area contributed by atoms with Crippen LogP contribution < -0.4 is 0 Å². The molecule has 0 amide bonds. The van der Waals surface area contributed by atoms with Crippen LogP contribution in [-0.2, 0) is 20.8 Å². The summed E-state index contributed by atoms with van der Waals surface area (Å²) in [4.78, 5) is 14.6. The Hall–Kier alpha value is -1.27. The molecule has 17 heavy (non-hydrogen) atoms. The van der Waals surface area contributed by atoms with Crippen LogP contribution in [0.1, 0.15) is 26.2 Å². The quantitative estimate of drug-likeness (QED) is 0.686. The number of ether oxygens (including phenoxy) is 2. The van der Waals surface area contributed by atoms with Gasteiger partial charge in [0, 0.05) is 6.42 Å². The zero-order valence-corrected chi connectivity index (χ0v) is 9.91. The van der Waals surface area contributed by atoms with E-state index in [1.54, 1.807) is 11.0 Å². The minimum absolute atomic E-state index is 0.321. The highest BCUT2D eigenvalue weighted by Gasteiger charge is 2.41. The highest BCUT2D eigenvalue weighted by molar-refractivity contribution is 5.56. The number of carbonyl (C=O) groups excluding carboxylic acids is 1. The number of nitrogens with zero attached hydrogens (tertiary/aromatic N) is 3. The second-order valence-corrected chi connectivity index (χ2v) is 4.21. The van der Waals surface area contributed by atoms with Gasteiger partial charge in [-0.05, 0) is 6.42 Å². The first-order chi connectivity index (χ1) is 8.28. The second kappa shape index (κ2) is 5.37. The Labute approximate surface area is 99.9 Å². The summed E-state index contributed by atoms with van der Waals surface area (Å²) in [6.45, 7) is 2.90. The van der Waals surface area contributed by atoms with Crippen LogP contribution in [-0.4, -0.2) is 39.5 Å². The number of aromatic nitrogens is 3. The molecule has 1 aliphatic rings. The van der Waals surface area contributed by atoms with E-state index < -0.39 is 11.9 Å². The fourth-order valence-electron chi connectivity index (χ4n) is 1.95. The van der Waals surface area contributed by atoms with Gasteiger partial charge in [-0.3, -0.25) is 0 Å². The largest absolute Gasteiger partial charge is 0.345 e. The third-order valence-electron chi connectivity index (χ3n) is 2.81. The highest BCUT2D eigenvalue weighted by atomic mass is 16.7. The summed E-state index contributed by atoms with van der Waals surface area (Å²) in [5.41, 5.74) is 0. The van der Waals surface area contributed by atoms with Crippen molar-refractivity contribution >= 4 is 6.29 Å². The molecule has 2 atom stereocenters. The summed E-state index contributed by atoms with van der Waals surface area (Å²) in [5.74, 6) is -0.727. The highest BCUT2D eigenvalue weighted by Crippen LogP contribution is 2.30. The molecular formula is C11H17N3O3. The summed E-state index contributed by atoms with van der Waals surface area (Å²) in [6, 6.07) is 0. The van der Waals surface area contributed by atoms with Crippen molar-refractivity contribution in [2.24, 2.45) is 0 Å². The van der Waals surface area contributed by atoms with E-state index in [0.717, 1.165) is 25.5 Å². The molecule has 1 aromatic heterocycles. The first-order valence-corrected chi connectivity index (χ1v) is 5.87. The predicted octanol–water partition coefficient (Wildman–Crippen LogP) is 0.779. The van der Waals surface area contributed by atoms with E-state index in [0.29, 0.717) is 13.2 Å². The lowest BCUT2D eigenvalue weighted by molar-refractivity contribution is -0.184. The fourth-order valence-corrected chi connectivity index (χ4v) is 1.95. The molecule has 6 heteroatoms. The van der Waals surface area contributed by atoms with Crippen molar-refractivity contribution in [3.05, 3.63) is 12.7 Å². The monoisotopic (exact) mass is 239 g/mol. The Balaban J connectivity index is 2.05. The van der Waals surface area contributed by atoms with Crippen LogP contribution in [0.15, 0.2) is 12.7 Å². The van der Waals surface area contributed by atoms with Crippen molar-refractivity contribution in [2.75, 3.05) is 6.61 Å². The summed E-state index contributed by atoms with van der Waals surface area (Å²) in [7, 11) is 0. The molecule has 94 valence electrons. The van der Waals surface area contributed by atoms with Gasteiger partial charge in [0.15, 0.2) is 12.1 Å². The van der Waals surface area contributed by atoms with Gasteiger partial charge in [0.05, 0.1) is 13.2 Å². The minimum Gasteiger partial charge on any atom is -0.345 e. The maximum Gasteiger partial charge on any atom is 0.189 e. The zero-order chi connectivity index (χ0) is 12.1. The molecular weight excluding hydrogens is 222 g/mol. The maximum atomic E-state index is 10.7. The van der Waals surface area contributed by atoms with Crippen molar-refractivity contribution in [1.29, 1.82) is 0 Å². The maximum absolute atomic E-state index is 10.7. The topological polar surface area (TPSA) is 66.2 Å². The van der Waals surface area contributed by atoms with Gasteiger partial charge in [0.25, 0.3) is 0 Å². The van der Waals surface area contributed by atoms with Crippen LogP contribution in [0.4, 0.5) is 0 Å². The van der Waals surface area contributed by atoms with Gasteiger partial charge in [-0.1, -0.05) is 13.3 Å². The number of hydrogen-bond acceptors (Lipinski definition) is 5. The van der Waals surface area contributed by atoms with Gasteiger partial charge in [0.2, 0.25) is 0 Å². The average Bonchev–Trinajstić information content (AvgIpc) is 2.97. The summed E-state index contributed by atoms with van der Waals surface area (Å²) >= 11 is 0. The molecule has 0 bridgehead atoms. The van der Waals surface area contributed by atoms with E-state index in [1.807, 2.05) is 0 Å². The van der Waals surface area contributed by atoms with Crippen molar-refractivity contribution in [2.45, 2.75) is 44.6 Å². The summed E-state index contributed by atoms with van der Waals surface area (Å²) < 4.78 is 13.0. The molecule has 0 aliphatic carbocycles. The second-order valence-electron chi connectivity index (χ2n) is 4.21. The third-order valence-corrected chi connectivity index (χ3v) is 2.81. The molecule has 2 unspecified atom stereocenters. The van der Waals surface area contributed by atoms with E-state index in [4.69, 9.17) is 9.47 Å². The first-order valence-electron chi connectivity index (χ1n) is 5.87. The smallest absolute Gasteiger partial charge is 0.189 e. The molecule has 2 heterocycles. The van der Waals surface area contributed by atoms with Gasteiger partial charge in [-0.25, -0.2) is 9.67 Å². The fraction of sp³-hybridized carbons (Fsp3) is 0.727. The average molecular weight is 239 g/mol. The van der Waals surface area contributed by atoms with E-state index >= 15 is 0 Å². The normalized spacial score (nSPS) is 28.4. The Bertz CT molecular complexity index is 355. The van der Waals surface area contributed by atoms with Gasteiger partial charge in [-0.2, -0.15) is 5.10 Å². The van der Waals surface area contributed by atoms with Crippen LogP contribution in [0, 0.1) is 0 Å². The molecule has 0 N–H and O–H groups in total. The number of rotatable bonds is 6. The van der Waals surface area contributed by atoms with Crippen LogP contribution in [0.25, 0.3) is 0 Å². The van der Waals surface area contributed by atoms with Crippen molar-refractivity contribution in [3.63, 3.8) is 0 Å². The number of unbranched alkanes of at least 4 members (excludes halogenated alkanes) is 1. The molecule has 0 aromatic carbocycles. The van der Waals surface area contributed by atoms with Crippen molar-refractivity contribution in [1.82, 2.24) is 14.8 Å². The Morgan fingerprint density at radius 3 is 3.12 bits per heavy atom. The molecule has 1 aromatic rings. The molecule has 6 nitrogen and oxygen atoms in total. The lowest BCUT2D eigenvalue weighted by Gasteiger charge is -2.27. The van der Waals surface area contributed by atoms with Crippen LogP contribution in [0.3, 0.4) is 0 Å². The Morgan fingerprint density at radius 1 is 1.65 bits per heavy atom. The summed E-state index contributed by atoms with van der Waals surface area (Å²) in [5, 5.41) is 4.04. The molecule has 1 fully saturated rings. The lowest BCUT2D eigenvalue weighted by Crippen LogP contribution is -2.36. The van der Waals surface area contributed by atoms with E-state index in [9.17, 15) is 4.79 Å². The van der Waals surface area contributed by atoms with Gasteiger partial charge >= 0.3 is 0 Å². The van der Waals surface area contributed by atoms with Crippen molar-refractivity contribution < 1.29 is 14.3 Å². The SMILES string of the molecule is CCCCC1(Cn2cncn2)OCC(C=O)O1. The Morgan fingerprint density at radius 2 is 2.53 bits per heavy atom. The number of carbonyl (C=O) groups is 1. The van der Waals surface area contributed by atoms with Crippen LogP contribution >= 0.6 is 0 Å². The Kier molecular flexibility index (Phi) is 3.86. The van der Waals surface area contributed by atoms with E-state index in [1.165, 1.54) is 6.33 Å². The molecule has 0 radical (unpaired) electrons. The molecule has 1 saturated heterocycles.